The molecule has 1 heterocycles. The summed E-state index contributed by atoms with van der Waals surface area (Å²) < 4.78 is 5.28. The van der Waals surface area contributed by atoms with E-state index >= 15 is 0 Å². The summed E-state index contributed by atoms with van der Waals surface area (Å²) in [5.74, 6) is 0.818. The van der Waals surface area contributed by atoms with Crippen molar-refractivity contribution < 1.29 is 14.3 Å². The van der Waals surface area contributed by atoms with Gasteiger partial charge in [0.05, 0.1) is 7.11 Å². The lowest BCUT2D eigenvalue weighted by Gasteiger charge is -2.36. The fraction of sp³-hybridized carbons (Fsp3) is 0.364. The van der Waals surface area contributed by atoms with Gasteiger partial charge in [-0.2, -0.15) is 0 Å². The van der Waals surface area contributed by atoms with E-state index in [-0.39, 0.29) is 11.8 Å². The van der Waals surface area contributed by atoms with E-state index < -0.39 is 0 Å². The van der Waals surface area contributed by atoms with Crippen LogP contribution in [0.1, 0.15) is 23.2 Å². The highest BCUT2D eigenvalue weighted by atomic mass is 35.5. The van der Waals surface area contributed by atoms with Gasteiger partial charge in [-0.1, -0.05) is 17.7 Å². The minimum atomic E-state index is -0.152. The lowest BCUT2D eigenvalue weighted by atomic mass is 10.2. The van der Waals surface area contributed by atoms with Gasteiger partial charge in [0.2, 0.25) is 5.91 Å². The first-order chi connectivity index (χ1) is 14.1. The van der Waals surface area contributed by atoms with Crippen LogP contribution in [-0.4, -0.2) is 56.5 Å². The Balaban J connectivity index is 1.37. The van der Waals surface area contributed by atoms with E-state index in [9.17, 15) is 9.59 Å². The van der Waals surface area contributed by atoms with Crippen molar-refractivity contribution in [3.63, 3.8) is 0 Å². The number of hydrogen-bond acceptors (Lipinski definition) is 4. The van der Waals surface area contributed by atoms with E-state index in [2.05, 4.69) is 16.3 Å². The first-order valence-electron chi connectivity index (χ1n) is 9.77. The summed E-state index contributed by atoms with van der Waals surface area (Å²) in [5, 5.41) is 3.44. The van der Waals surface area contributed by atoms with Crippen LogP contribution in [-0.2, 0) is 4.79 Å². The van der Waals surface area contributed by atoms with Gasteiger partial charge >= 0.3 is 0 Å². The molecule has 1 saturated heterocycles. The summed E-state index contributed by atoms with van der Waals surface area (Å²) in [6.07, 6.45) is 1.05. The Morgan fingerprint density at radius 2 is 1.79 bits per heavy atom. The molecule has 1 N–H and O–H groups in total. The zero-order valence-corrected chi connectivity index (χ0v) is 17.3. The Hall–Kier alpha value is -2.73. The fourth-order valence-corrected chi connectivity index (χ4v) is 3.45. The molecule has 2 aromatic rings. The lowest BCUT2D eigenvalue weighted by molar-refractivity contribution is -0.131. The summed E-state index contributed by atoms with van der Waals surface area (Å²) in [4.78, 5) is 28.7. The van der Waals surface area contributed by atoms with Crippen molar-refractivity contribution in [2.75, 3.05) is 44.7 Å². The van der Waals surface area contributed by atoms with Crippen LogP contribution >= 0.6 is 11.6 Å². The Labute approximate surface area is 176 Å². The minimum Gasteiger partial charge on any atom is -0.497 e. The molecule has 2 aromatic carbocycles. The van der Waals surface area contributed by atoms with Crippen LogP contribution in [0.25, 0.3) is 0 Å². The van der Waals surface area contributed by atoms with Crippen molar-refractivity contribution >= 4 is 29.1 Å². The average molecular weight is 416 g/mol. The van der Waals surface area contributed by atoms with E-state index in [1.807, 2.05) is 23.1 Å². The zero-order valence-electron chi connectivity index (χ0n) is 16.6. The SMILES string of the molecule is COc1cccc(N2CCN(C(=O)CCCNC(=O)c3ccc(Cl)cc3)CC2)c1. The summed E-state index contributed by atoms with van der Waals surface area (Å²) in [7, 11) is 1.66. The van der Waals surface area contributed by atoms with Crippen molar-refractivity contribution in [1.29, 1.82) is 0 Å². The van der Waals surface area contributed by atoms with Gasteiger partial charge in [-0.05, 0) is 42.8 Å². The second-order valence-corrected chi connectivity index (χ2v) is 7.37. The number of piperazine rings is 1. The third-order valence-corrected chi connectivity index (χ3v) is 5.26. The van der Waals surface area contributed by atoms with Crippen LogP contribution in [0.5, 0.6) is 5.75 Å². The monoisotopic (exact) mass is 415 g/mol. The van der Waals surface area contributed by atoms with Crippen LogP contribution in [0.2, 0.25) is 5.02 Å². The number of amides is 2. The second kappa shape index (κ2) is 10.2. The number of carbonyl (C=O) groups is 2. The highest BCUT2D eigenvalue weighted by Crippen LogP contribution is 2.22. The molecule has 0 bridgehead atoms. The van der Waals surface area contributed by atoms with Gasteiger partial charge in [-0.3, -0.25) is 9.59 Å². The molecular formula is C22H26ClN3O3. The maximum absolute atomic E-state index is 12.5. The van der Waals surface area contributed by atoms with E-state index in [0.29, 0.717) is 43.1 Å². The molecule has 0 saturated carbocycles. The fourth-order valence-electron chi connectivity index (χ4n) is 3.32. The molecule has 3 rings (SSSR count). The third-order valence-electron chi connectivity index (χ3n) is 5.01. The van der Waals surface area contributed by atoms with Crippen LogP contribution in [0, 0.1) is 0 Å². The van der Waals surface area contributed by atoms with Crippen molar-refractivity contribution in [2.24, 2.45) is 0 Å². The lowest BCUT2D eigenvalue weighted by Crippen LogP contribution is -2.48. The molecule has 0 aliphatic carbocycles. The quantitative estimate of drug-likeness (QED) is 0.705. The second-order valence-electron chi connectivity index (χ2n) is 6.94. The number of rotatable bonds is 7. The van der Waals surface area contributed by atoms with Crippen molar-refractivity contribution in [3.8, 4) is 5.75 Å². The van der Waals surface area contributed by atoms with Gasteiger partial charge in [0.25, 0.3) is 5.91 Å². The molecular weight excluding hydrogens is 390 g/mol. The van der Waals surface area contributed by atoms with E-state index in [4.69, 9.17) is 16.3 Å². The summed E-state index contributed by atoms with van der Waals surface area (Å²) in [5.41, 5.74) is 1.68. The molecule has 0 radical (unpaired) electrons. The highest BCUT2D eigenvalue weighted by Gasteiger charge is 2.21. The first-order valence-corrected chi connectivity index (χ1v) is 10.1. The Kier molecular flexibility index (Phi) is 7.36. The standard InChI is InChI=1S/C22H26ClN3O3/c1-29-20-5-2-4-19(16-20)25-12-14-26(15-13-25)21(27)6-3-11-24-22(28)17-7-9-18(23)10-8-17/h2,4-5,7-10,16H,3,6,11-15H2,1H3,(H,24,28). The summed E-state index contributed by atoms with van der Waals surface area (Å²) in [6.45, 7) is 3.47. The number of ether oxygens (including phenoxy) is 1. The molecule has 7 heteroatoms. The molecule has 29 heavy (non-hydrogen) atoms. The third kappa shape index (κ3) is 5.87. The smallest absolute Gasteiger partial charge is 0.251 e. The van der Waals surface area contributed by atoms with Crippen molar-refractivity contribution in [1.82, 2.24) is 10.2 Å². The molecule has 1 aliphatic rings. The topological polar surface area (TPSA) is 61.9 Å². The van der Waals surface area contributed by atoms with Gasteiger partial charge in [0, 0.05) is 61.5 Å². The minimum absolute atomic E-state index is 0.135. The summed E-state index contributed by atoms with van der Waals surface area (Å²) in [6, 6.07) is 14.7. The molecule has 0 aromatic heterocycles. The Bertz CT molecular complexity index is 833. The van der Waals surface area contributed by atoms with Crippen LogP contribution in [0.3, 0.4) is 0 Å². The number of hydrogen-bond donors (Lipinski definition) is 1. The molecule has 0 unspecified atom stereocenters. The predicted molar refractivity (Wildman–Crippen MR) is 115 cm³/mol. The molecule has 1 fully saturated rings. The van der Waals surface area contributed by atoms with Crippen LogP contribution in [0.15, 0.2) is 48.5 Å². The van der Waals surface area contributed by atoms with Crippen LogP contribution in [0.4, 0.5) is 5.69 Å². The largest absolute Gasteiger partial charge is 0.497 e. The molecule has 154 valence electrons. The molecule has 0 atom stereocenters. The van der Waals surface area contributed by atoms with E-state index in [1.54, 1.807) is 31.4 Å². The molecule has 0 spiro atoms. The Morgan fingerprint density at radius 1 is 1.07 bits per heavy atom. The number of benzene rings is 2. The highest BCUT2D eigenvalue weighted by molar-refractivity contribution is 6.30. The molecule has 2 amide bonds. The van der Waals surface area contributed by atoms with Crippen molar-refractivity contribution in [3.05, 3.63) is 59.1 Å². The predicted octanol–water partition coefficient (Wildman–Crippen LogP) is 3.21. The summed E-state index contributed by atoms with van der Waals surface area (Å²) >= 11 is 5.83. The molecule has 1 aliphatic heterocycles. The van der Waals surface area contributed by atoms with Crippen LogP contribution < -0.4 is 15.0 Å². The van der Waals surface area contributed by atoms with Gasteiger partial charge < -0.3 is 19.9 Å². The maximum Gasteiger partial charge on any atom is 0.251 e. The first kappa shape index (κ1) is 21.0. The Morgan fingerprint density at radius 3 is 2.48 bits per heavy atom. The van der Waals surface area contributed by atoms with Gasteiger partial charge in [0.15, 0.2) is 0 Å². The number of nitrogens with zero attached hydrogens (tertiary/aromatic N) is 2. The zero-order chi connectivity index (χ0) is 20.6. The average Bonchev–Trinajstić information content (AvgIpc) is 2.77. The number of methoxy groups -OCH3 is 1. The van der Waals surface area contributed by atoms with Crippen molar-refractivity contribution in [2.45, 2.75) is 12.8 Å². The number of nitrogens with one attached hydrogen (secondary N) is 1. The van der Waals surface area contributed by atoms with Gasteiger partial charge in [-0.15, -0.1) is 0 Å². The number of anilines is 1. The van der Waals surface area contributed by atoms with Gasteiger partial charge in [-0.25, -0.2) is 0 Å². The van der Waals surface area contributed by atoms with E-state index in [0.717, 1.165) is 24.5 Å². The maximum atomic E-state index is 12.5. The normalized spacial score (nSPS) is 13.9. The van der Waals surface area contributed by atoms with Gasteiger partial charge in [0.1, 0.15) is 5.75 Å². The number of carbonyl (C=O) groups excluding carboxylic acids is 2. The molecule has 6 nitrogen and oxygen atoms in total. The number of halogens is 1. The van der Waals surface area contributed by atoms with E-state index in [1.165, 1.54) is 0 Å².